The lowest BCUT2D eigenvalue weighted by Gasteiger charge is -2.32. The number of hydrogen-bond acceptors (Lipinski definition) is 5. The molecule has 0 bridgehead atoms. The monoisotopic (exact) mass is 591 g/mol. The van der Waals surface area contributed by atoms with Crippen LogP contribution in [0.15, 0.2) is 67.9 Å². The lowest BCUT2D eigenvalue weighted by molar-refractivity contribution is -0.763. The number of carbonyl (C=O) groups is 1. The third kappa shape index (κ3) is 4.27. The summed E-state index contributed by atoms with van der Waals surface area (Å²) in [6.45, 7) is 5.56. The van der Waals surface area contributed by atoms with Gasteiger partial charge in [0.15, 0.2) is 0 Å². The molecule has 2 heterocycles. The van der Waals surface area contributed by atoms with Crippen molar-refractivity contribution in [3.8, 4) is 17.0 Å². The second-order valence-corrected chi connectivity index (χ2v) is 9.90. The Morgan fingerprint density at radius 3 is 2.67 bits per heavy atom. The number of H-pyrrole nitrogens is 1. The molecule has 1 N–H and O–H groups in total. The summed E-state index contributed by atoms with van der Waals surface area (Å²) in [6.07, 6.45) is 1.36. The fraction of sp³-hybridized carbons (Fsp3) is 0.217. The van der Waals surface area contributed by atoms with Crippen LogP contribution in [0.5, 0.6) is 5.75 Å². The quantitative estimate of drug-likeness (QED) is 0.252. The van der Waals surface area contributed by atoms with Gasteiger partial charge in [-0.2, -0.15) is 0 Å². The van der Waals surface area contributed by atoms with Crippen molar-refractivity contribution in [2.75, 3.05) is 17.8 Å². The molecule has 2 aromatic carbocycles. The van der Waals surface area contributed by atoms with Crippen molar-refractivity contribution in [3.63, 3.8) is 0 Å². The molecule has 0 saturated heterocycles. The summed E-state index contributed by atoms with van der Waals surface area (Å²) in [5, 5.41) is 5.21. The molecular formula is C23H21Br2N4O3S+. The summed E-state index contributed by atoms with van der Waals surface area (Å²) < 4.78 is 8.52. The van der Waals surface area contributed by atoms with Gasteiger partial charge in [-0.25, -0.2) is 4.90 Å². The van der Waals surface area contributed by atoms with Crippen LogP contribution in [0, 0.1) is 0 Å². The van der Waals surface area contributed by atoms with Gasteiger partial charge >= 0.3 is 11.3 Å². The van der Waals surface area contributed by atoms with Gasteiger partial charge in [0.25, 0.3) is 6.17 Å². The van der Waals surface area contributed by atoms with Crippen LogP contribution < -0.4 is 19.9 Å². The van der Waals surface area contributed by atoms with Crippen LogP contribution in [-0.2, 0) is 4.79 Å². The van der Waals surface area contributed by atoms with Gasteiger partial charge in [0.1, 0.15) is 5.75 Å². The minimum Gasteiger partial charge on any atom is -0.494 e. The summed E-state index contributed by atoms with van der Waals surface area (Å²) in [6, 6.07) is 11.2. The number of thioether (sulfide) groups is 1. The number of methoxy groups -OCH3 is 1. The lowest BCUT2D eigenvalue weighted by Crippen LogP contribution is -2.60. The zero-order valence-corrected chi connectivity index (χ0v) is 22.0. The fourth-order valence-corrected chi connectivity index (χ4v) is 5.97. The molecule has 4 rings (SSSR count). The third-order valence-electron chi connectivity index (χ3n) is 5.19. The van der Waals surface area contributed by atoms with E-state index in [1.165, 1.54) is 11.8 Å². The Balaban J connectivity index is 2.06. The van der Waals surface area contributed by atoms with Crippen molar-refractivity contribution < 1.29 is 14.2 Å². The number of amides is 1. The number of fused-ring (bicyclic) bond motifs is 3. The van der Waals surface area contributed by atoms with Crippen LogP contribution in [0.4, 0.5) is 5.69 Å². The van der Waals surface area contributed by atoms with E-state index < -0.39 is 6.17 Å². The molecule has 0 aliphatic carbocycles. The predicted octanol–water partition coefficient (Wildman–Crippen LogP) is 4.84. The molecule has 7 nitrogen and oxygen atoms in total. The molecule has 170 valence electrons. The van der Waals surface area contributed by atoms with E-state index in [1.807, 2.05) is 43.3 Å². The number of anilines is 1. The standard InChI is InChI=1S/C23H20Br2N4O3S/c1-4-10-33-23-26-21(31)19-14-8-6-7-9-17(14)28(18(30)5-2)22(29(19)27-23)13-11-15(24)20(32-3)16(25)12-13/h4,6-9,11-12,22H,1,5,10H2,2-3H3/p+1. The number of ether oxygens (including phenoxy) is 1. The number of para-hydroxylation sites is 1. The molecule has 1 unspecified atom stereocenters. The highest BCUT2D eigenvalue weighted by Crippen LogP contribution is 2.41. The number of aromatic amines is 1. The Kier molecular flexibility index (Phi) is 7.06. The van der Waals surface area contributed by atoms with Crippen molar-refractivity contribution in [2.45, 2.75) is 24.7 Å². The summed E-state index contributed by atoms with van der Waals surface area (Å²) in [7, 11) is 1.59. The number of carbonyl (C=O) groups excluding carboxylic acids is 1. The highest BCUT2D eigenvalue weighted by Gasteiger charge is 2.45. The van der Waals surface area contributed by atoms with Crippen molar-refractivity contribution in [2.24, 2.45) is 0 Å². The van der Waals surface area contributed by atoms with Crippen molar-refractivity contribution in [1.29, 1.82) is 0 Å². The Bertz CT molecular complexity index is 1290. The van der Waals surface area contributed by atoms with Gasteiger partial charge < -0.3 is 4.74 Å². The topological polar surface area (TPSA) is 79.2 Å². The number of halogens is 2. The zero-order valence-electron chi connectivity index (χ0n) is 18.0. The molecule has 1 atom stereocenters. The van der Waals surface area contributed by atoms with E-state index in [1.54, 1.807) is 22.8 Å². The minimum absolute atomic E-state index is 0.0870. The summed E-state index contributed by atoms with van der Waals surface area (Å²) >= 11 is 8.49. The molecule has 1 aromatic heterocycles. The van der Waals surface area contributed by atoms with E-state index in [4.69, 9.17) is 9.84 Å². The largest absolute Gasteiger partial charge is 0.494 e. The van der Waals surface area contributed by atoms with Gasteiger partial charge in [-0.1, -0.05) is 36.9 Å². The van der Waals surface area contributed by atoms with Crippen LogP contribution in [0.25, 0.3) is 11.3 Å². The lowest BCUT2D eigenvalue weighted by atomic mass is 10.0. The van der Waals surface area contributed by atoms with E-state index in [9.17, 15) is 9.59 Å². The van der Waals surface area contributed by atoms with Gasteiger partial charge in [0.05, 0.1) is 27.3 Å². The molecule has 3 aromatic rings. The maximum absolute atomic E-state index is 13.3. The molecular weight excluding hydrogens is 572 g/mol. The van der Waals surface area contributed by atoms with E-state index in [-0.39, 0.29) is 11.5 Å². The zero-order chi connectivity index (χ0) is 23.7. The van der Waals surface area contributed by atoms with E-state index >= 15 is 0 Å². The Labute approximate surface area is 212 Å². The summed E-state index contributed by atoms with van der Waals surface area (Å²) in [5.74, 6) is 1.13. The third-order valence-corrected chi connectivity index (χ3v) is 7.23. The Hall–Kier alpha value is -2.43. The highest BCUT2D eigenvalue weighted by atomic mass is 79.9. The maximum Gasteiger partial charge on any atom is 0.325 e. The number of nitrogens with zero attached hydrogens (tertiary/aromatic N) is 3. The van der Waals surface area contributed by atoms with Crippen LogP contribution in [0.3, 0.4) is 0 Å². The van der Waals surface area contributed by atoms with Crippen LogP contribution in [0.2, 0.25) is 0 Å². The maximum atomic E-state index is 13.3. The normalized spacial score (nSPS) is 14.4. The molecule has 1 aliphatic heterocycles. The van der Waals surface area contributed by atoms with Crippen LogP contribution in [-0.4, -0.2) is 28.9 Å². The van der Waals surface area contributed by atoms with E-state index in [0.29, 0.717) is 49.0 Å². The summed E-state index contributed by atoms with van der Waals surface area (Å²) in [5.41, 5.74) is 2.19. The van der Waals surface area contributed by atoms with Gasteiger partial charge in [-0.3, -0.25) is 14.6 Å². The van der Waals surface area contributed by atoms with Gasteiger partial charge in [0.2, 0.25) is 11.1 Å². The number of hydrogen-bond donors (Lipinski definition) is 1. The number of rotatable bonds is 6. The predicted molar refractivity (Wildman–Crippen MR) is 136 cm³/mol. The fourth-order valence-electron chi connectivity index (χ4n) is 3.84. The Morgan fingerprint density at radius 2 is 2.03 bits per heavy atom. The first-order chi connectivity index (χ1) is 15.9. The molecule has 0 radical (unpaired) electrons. The first-order valence-corrected chi connectivity index (χ1v) is 12.7. The first kappa shape index (κ1) is 23.7. The second kappa shape index (κ2) is 9.82. The van der Waals surface area contributed by atoms with Crippen LogP contribution >= 0.6 is 43.6 Å². The van der Waals surface area contributed by atoms with Crippen molar-refractivity contribution >= 4 is 55.2 Å². The molecule has 10 heteroatoms. The second-order valence-electron chi connectivity index (χ2n) is 7.18. The molecule has 0 saturated carbocycles. The number of benzene rings is 2. The highest BCUT2D eigenvalue weighted by molar-refractivity contribution is 9.11. The molecule has 1 amide bonds. The average Bonchev–Trinajstić information content (AvgIpc) is 2.80. The van der Waals surface area contributed by atoms with E-state index in [0.717, 1.165) is 5.56 Å². The van der Waals surface area contributed by atoms with Gasteiger partial charge in [0, 0.05) is 22.8 Å². The average molecular weight is 593 g/mol. The number of aromatic nitrogens is 3. The van der Waals surface area contributed by atoms with Crippen molar-refractivity contribution in [3.05, 3.63) is 73.9 Å². The Morgan fingerprint density at radius 1 is 1.33 bits per heavy atom. The molecule has 1 aliphatic rings. The smallest absolute Gasteiger partial charge is 0.325 e. The minimum atomic E-state index is -0.675. The van der Waals surface area contributed by atoms with E-state index in [2.05, 4.69) is 43.4 Å². The van der Waals surface area contributed by atoms with Crippen LogP contribution in [0.1, 0.15) is 25.1 Å². The molecule has 33 heavy (non-hydrogen) atoms. The van der Waals surface area contributed by atoms with Crippen molar-refractivity contribution in [1.82, 2.24) is 10.1 Å². The SMILES string of the molecule is C=CCSc1n[n+]2c(c(=O)[nH]1)-c1ccccc1N(C(=O)CC)C2c1cc(Br)c(OC)c(Br)c1. The molecule has 0 spiro atoms. The van der Waals surface area contributed by atoms with Gasteiger partial charge in [-0.15, -0.1) is 6.58 Å². The van der Waals surface area contributed by atoms with Gasteiger partial charge in [-0.05, 0) is 60.8 Å². The first-order valence-electron chi connectivity index (χ1n) is 10.2. The summed E-state index contributed by atoms with van der Waals surface area (Å²) in [4.78, 5) is 31.1. The molecule has 0 fully saturated rings. The number of nitrogens with one attached hydrogen (secondary N) is 1.